The van der Waals surface area contributed by atoms with Crippen molar-refractivity contribution in [3.8, 4) is 0 Å². The van der Waals surface area contributed by atoms with Gasteiger partial charge in [-0.25, -0.2) is 0 Å². The number of nitrogens with zero attached hydrogens (tertiary/aromatic N) is 2. The van der Waals surface area contributed by atoms with Crippen molar-refractivity contribution in [3.05, 3.63) is 23.3 Å². The van der Waals surface area contributed by atoms with Crippen LogP contribution in [0.25, 0.3) is 0 Å². The summed E-state index contributed by atoms with van der Waals surface area (Å²) >= 11 is 0. The van der Waals surface area contributed by atoms with Crippen molar-refractivity contribution in [1.29, 1.82) is 0 Å². The highest BCUT2D eigenvalue weighted by atomic mass is 15.1. The van der Waals surface area contributed by atoms with E-state index in [1.807, 2.05) is 0 Å². The number of allylic oxidation sites excluding steroid dienone is 3. The molecule has 0 amide bonds. The van der Waals surface area contributed by atoms with Gasteiger partial charge in [-0.2, -0.15) is 4.99 Å². The maximum Gasteiger partial charge on any atom is 0.218 e. The third-order valence-electron chi connectivity index (χ3n) is 2.19. The fourth-order valence-electron chi connectivity index (χ4n) is 1.41. The highest BCUT2D eigenvalue weighted by Crippen LogP contribution is 2.20. The number of rotatable bonds is 3. The van der Waals surface area contributed by atoms with Gasteiger partial charge in [-0.15, -0.1) is 0 Å². The Morgan fingerprint density at radius 3 is 2.67 bits per heavy atom. The largest absolute Gasteiger partial charge is 0.370 e. The van der Waals surface area contributed by atoms with Crippen LogP contribution in [0.1, 0.15) is 19.8 Å². The summed E-state index contributed by atoms with van der Waals surface area (Å²) in [6.45, 7) is 2.73. The molecule has 15 heavy (non-hydrogen) atoms. The molecule has 0 atom stereocenters. The fourth-order valence-corrected chi connectivity index (χ4v) is 1.41. The molecule has 1 aliphatic rings. The first-order valence-corrected chi connectivity index (χ1v) is 4.84. The molecule has 6 N–H and O–H groups in total. The molecule has 0 saturated carbocycles. The van der Waals surface area contributed by atoms with Gasteiger partial charge in [-0.3, -0.25) is 4.99 Å². The van der Waals surface area contributed by atoms with E-state index in [0.717, 1.165) is 12.8 Å². The van der Waals surface area contributed by atoms with Gasteiger partial charge < -0.3 is 17.2 Å². The Labute approximate surface area is 89.4 Å². The van der Waals surface area contributed by atoms with E-state index in [1.54, 1.807) is 0 Å². The first-order valence-electron chi connectivity index (χ1n) is 4.84. The van der Waals surface area contributed by atoms with Gasteiger partial charge in [-0.05, 0) is 25.3 Å². The molecule has 0 radical (unpaired) electrons. The average Bonchev–Trinajstić information content (AvgIpc) is 2.50. The van der Waals surface area contributed by atoms with E-state index in [1.165, 1.54) is 11.1 Å². The summed E-state index contributed by atoms with van der Waals surface area (Å²) in [6, 6.07) is 0. The summed E-state index contributed by atoms with van der Waals surface area (Å²) in [7, 11) is 0. The van der Waals surface area contributed by atoms with Crippen LogP contribution in [0.2, 0.25) is 0 Å². The minimum absolute atomic E-state index is 0.0626. The summed E-state index contributed by atoms with van der Waals surface area (Å²) < 4.78 is 0. The number of guanidine groups is 2. The van der Waals surface area contributed by atoms with E-state index in [2.05, 4.69) is 29.1 Å². The lowest BCUT2D eigenvalue weighted by Crippen LogP contribution is -2.26. The van der Waals surface area contributed by atoms with E-state index in [-0.39, 0.29) is 11.9 Å². The summed E-state index contributed by atoms with van der Waals surface area (Å²) in [5, 5.41) is 0. The van der Waals surface area contributed by atoms with Crippen LogP contribution in [0, 0.1) is 0 Å². The monoisotopic (exact) mass is 207 g/mol. The second kappa shape index (κ2) is 5.19. The predicted molar refractivity (Wildman–Crippen MR) is 63.4 cm³/mol. The summed E-state index contributed by atoms with van der Waals surface area (Å²) in [5.74, 6) is 0.0719. The van der Waals surface area contributed by atoms with E-state index in [0.29, 0.717) is 6.54 Å². The molecule has 0 aromatic rings. The SMILES string of the molecule is CC1=C(CCN=C(N)N=C(N)N)C=CC1. The van der Waals surface area contributed by atoms with Crippen LogP contribution in [0.3, 0.4) is 0 Å². The lowest BCUT2D eigenvalue weighted by molar-refractivity contribution is 0.954. The Bertz CT molecular complexity index is 345. The van der Waals surface area contributed by atoms with Gasteiger partial charge in [0.15, 0.2) is 5.96 Å². The molecule has 0 fully saturated rings. The molecule has 82 valence electrons. The van der Waals surface area contributed by atoms with Gasteiger partial charge in [0.25, 0.3) is 0 Å². The average molecular weight is 207 g/mol. The van der Waals surface area contributed by atoms with E-state index < -0.39 is 0 Å². The second-order valence-corrected chi connectivity index (χ2v) is 3.44. The smallest absolute Gasteiger partial charge is 0.218 e. The van der Waals surface area contributed by atoms with E-state index >= 15 is 0 Å². The summed E-state index contributed by atoms with van der Waals surface area (Å²) in [6.07, 6.45) is 6.20. The van der Waals surface area contributed by atoms with Gasteiger partial charge in [0.1, 0.15) is 0 Å². The Morgan fingerprint density at radius 1 is 1.40 bits per heavy atom. The van der Waals surface area contributed by atoms with Crippen molar-refractivity contribution >= 4 is 11.9 Å². The maximum atomic E-state index is 5.46. The van der Waals surface area contributed by atoms with Crippen LogP contribution in [0.4, 0.5) is 0 Å². The van der Waals surface area contributed by atoms with Crippen molar-refractivity contribution in [2.45, 2.75) is 19.8 Å². The highest BCUT2D eigenvalue weighted by Gasteiger charge is 2.03. The van der Waals surface area contributed by atoms with Crippen LogP contribution in [0.15, 0.2) is 33.3 Å². The second-order valence-electron chi connectivity index (χ2n) is 3.44. The lowest BCUT2D eigenvalue weighted by Gasteiger charge is -2.00. The summed E-state index contributed by atoms with van der Waals surface area (Å²) in [4.78, 5) is 7.67. The lowest BCUT2D eigenvalue weighted by atomic mass is 10.1. The van der Waals surface area contributed by atoms with Crippen molar-refractivity contribution < 1.29 is 0 Å². The van der Waals surface area contributed by atoms with Gasteiger partial charge in [0, 0.05) is 6.54 Å². The molecule has 0 spiro atoms. The Balaban J connectivity index is 2.42. The number of hydrogen-bond acceptors (Lipinski definition) is 1. The van der Waals surface area contributed by atoms with Crippen LogP contribution in [0.5, 0.6) is 0 Å². The van der Waals surface area contributed by atoms with Crippen LogP contribution in [-0.2, 0) is 0 Å². The van der Waals surface area contributed by atoms with Gasteiger partial charge in [-0.1, -0.05) is 17.7 Å². The first-order chi connectivity index (χ1) is 7.09. The highest BCUT2D eigenvalue weighted by molar-refractivity contribution is 5.92. The first kappa shape index (κ1) is 11.3. The van der Waals surface area contributed by atoms with Gasteiger partial charge in [0.2, 0.25) is 5.96 Å². The number of hydrogen-bond donors (Lipinski definition) is 3. The Hall–Kier alpha value is -1.78. The maximum absolute atomic E-state index is 5.46. The molecule has 0 unspecified atom stereocenters. The predicted octanol–water partition coefficient (Wildman–Crippen LogP) is 0.241. The molecule has 0 heterocycles. The Kier molecular flexibility index (Phi) is 3.91. The number of nitrogens with two attached hydrogens (primary N) is 3. The van der Waals surface area contributed by atoms with Crippen LogP contribution >= 0.6 is 0 Å². The minimum atomic E-state index is -0.0626. The molecule has 0 aliphatic heterocycles. The minimum Gasteiger partial charge on any atom is -0.370 e. The van der Waals surface area contributed by atoms with Crippen molar-refractivity contribution in [3.63, 3.8) is 0 Å². The molecule has 5 nitrogen and oxygen atoms in total. The zero-order valence-electron chi connectivity index (χ0n) is 8.90. The molecule has 1 aliphatic carbocycles. The molecular formula is C10H17N5. The molecule has 1 rings (SSSR count). The molecule has 0 saturated heterocycles. The quantitative estimate of drug-likeness (QED) is 0.456. The fraction of sp³-hybridized carbons (Fsp3) is 0.400. The van der Waals surface area contributed by atoms with E-state index in [4.69, 9.17) is 17.2 Å². The number of aliphatic imine (C=N–C) groups is 2. The topological polar surface area (TPSA) is 103 Å². The van der Waals surface area contributed by atoms with Crippen LogP contribution in [-0.4, -0.2) is 18.5 Å². The van der Waals surface area contributed by atoms with Gasteiger partial charge >= 0.3 is 0 Å². The van der Waals surface area contributed by atoms with E-state index in [9.17, 15) is 0 Å². The zero-order valence-corrected chi connectivity index (χ0v) is 8.90. The normalized spacial score (nSPS) is 15.9. The van der Waals surface area contributed by atoms with Crippen molar-refractivity contribution in [1.82, 2.24) is 0 Å². The Morgan fingerprint density at radius 2 is 2.13 bits per heavy atom. The zero-order chi connectivity index (χ0) is 11.3. The molecule has 0 aromatic carbocycles. The third-order valence-corrected chi connectivity index (χ3v) is 2.19. The van der Waals surface area contributed by atoms with Gasteiger partial charge in [0.05, 0.1) is 0 Å². The standard InChI is InChI=1S/C10H17N5/c1-7-3-2-4-8(7)5-6-14-10(13)15-9(11)12/h2,4H,3,5-6H2,1H3,(H6,11,12,13,14,15). The molecule has 0 bridgehead atoms. The van der Waals surface area contributed by atoms with Crippen molar-refractivity contribution in [2.24, 2.45) is 27.2 Å². The molecule has 5 heteroatoms. The third kappa shape index (κ3) is 3.84. The molecular weight excluding hydrogens is 190 g/mol. The van der Waals surface area contributed by atoms with Crippen molar-refractivity contribution in [2.75, 3.05) is 6.54 Å². The molecule has 0 aromatic heterocycles. The summed E-state index contributed by atoms with van der Waals surface area (Å²) in [5.41, 5.74) is 18.5. The van der Waals surface area contributed by atoms with Crippen LogP contribution < -0.4 is 17.2 Å².